The second-order valence-electron chi connectivity index (χ2n) is 6.50. The van der Waals surface area contributed by atoms with Crippen molar-refractivity contribution in [3.05, 3.63) is 23.8 Å². The first kappa shape index (κ1) is 14.7. The van der Waals surface area contributed by atoms with Gasteiger partial charge >= 0.3 is 0 Å². The maximum absolute atomic E-state index is 5.82. The number of fused-ring (bicyclic) bond motifs is 1. The summed E-state index contributed by atoms with van der Waals surface area (Å²) in [4.78, 5) is 0. The molecule has 3 rings (SSSR count). The summed E-state index contributed by atoms with van der Waals surface area (Å²) >= 11 is 0. The van der Waals surface area contributed by atoms with Gasteiger partial charge in [0.1, 0.15) is 12.4 Å². The Bertz CT molecular complexity index is 502. The standard InChI is InChI=1S/C17H26N2O2/c1-4-20-15-10-14(17(15,2)3)19-11-12-6-5-7-13-16(12)21-9-8-18-13/h5-7,14-15,18-19H,4,8-11H2,1-3H3. The molecule has 1 saturated carbocycles. The number of hydrogen-bond acceptors (Lipinski definition) is 4. The molecule has 4 heteroatoms. The van der Waals surface area contributed by atoms with Gasteiger partial charge in [-0.2, -0.15) is 0 Å². The third-order valence-corrected chi connectivity index (χ3v) is 4.84. The van der Waals surface area contributed by atoms with Crippen LogP contribution in [0.15, 0.2) is 18.2 Å². The van der Waals surface area contributed by atoms with Crippen LogP contribution >= 0.6 is 0 Å². The van der Waals surface area contributed by atoms with Gasteiger partial charge in [-0.3, -0.25) is 0 Å². The normalized spacial score (nSPS) is 26.2. The van der Waals surface area contributed by atoms with Crippen LogP contribution < -0.4 is 15.4 Å². The Hall–Kier alpha value is -1.26. The van der Waals surface area contributed by atoms with Crippen molar-refractivity contribution in [2.24, 2.45) is 5.41 Å². The quantitative estimate of drug-likeness (QED) is 0.875. The molecule has 0 amide bonds. The predicted molar refractivity (Wildman–Crippen MR) is 84.9 cm³/mol. The molecule has 2 unspecified atom stereocenters. The van der Waals surface area contributed by atoms with Crippen molar-refractivity contribution in [3.8, 4) is 5.75 Å². The van der Waals surface area contributed by atoms with Crippen molar-refractivity contribution >= 4 is 5.69 Å². The Labute approximate surface area is 127 Å². The number of rotatable bonds is 5. The van der Waals surface area contributed by atoms with Crippen molar-refractivity contribution in [3.63, 3.8) is 0 Å². The number of ether oxygens (including phenoxy) is 2. The van der Waals surface area contributed by atoms with Crippen molar-refractivity contribution in [2.75, 3.05) is 25.1 Å². The third-order valence-electron chi connectivity index (χ3n) is 4.84. The number of para-hydroxylation sites is 1. The summed E-state index contributed by atoms with van der Waals surface area (Å²) in [6.07, 6.45) is 1.47. The van der Waals surface area contributed by atoms with Gasteiger partial charge in [-0.05, 0) is 19.4 Å². The highest BCUT2D eigenvalue weighted by atomic mass is 16.5. The van der Waals surface area contributed by atoms with E-state index in [0.717, 1.165) is 44.2 Å². The highest BCUT2D eigenvalue weighted by molar-refractivity contribution is 5.61. The monoisotopic (exact) mass is 290 g/mol. The smallest absolute Gasteiger partial charge is 0.146 e. The molecule has 1 heterocycles. The highest BCUT2D eigenvalue weighted by Crippen LogP contribution is 2.43. The van der Waals surface area contributed by atoms with Gasteiger partial charge in [0.05, 0.1) is 11.8 Å². The fraction of sp³-hybridized carbons (Fsp3) is 0.647. The largest absolute Gasteiger partial charge is 0.489 e. The van der Waals surface area contributed by atoms with Gasteiger partial charge in [0.25, 0.3) is 0 Å². The number of anilines is 1. The Morgan fingerprint density at radius 1 is 1.43 bits per heavy atom. The maximum atomic E-state index is 5.82. The number of nitrogens with one attached hydrogen (secondary N) is 2. The second-order valence-corrected chi connectivity index (χ2v) is 6.50. The van der Waals surface area contributed by atoms with Crippen molar-refractivity contribution in [2.45, 2.75) is 45.9 Å². The van der Waals surface area contributed by atoms with Crippen LogP contribution in [0.4, 0.5) is 5.69 Å². The van der Waals surface area contributed by atoms with Crippen LogP contribution in [0.5, 0.6) is 5.75 Å². The van der Waals surface area contributed by atoms with Gasteiger partial charge in [0.2, 0.25) is 0 Å². The van der Waals surface area contributed by atoms with Crippen LogP contribution in [0.1, 0.15) is 32.8 Å². The molecule has 0 aromatic heterocycles. The van der Waals surface area contributed by atoms with Gasteiger partial charge < -0.3 is 20.1 Å². The van der Waals surface area contributed by atoms with E-state index >= 15 is 0 Å². The van der Waals surface area contributed by atoms with Crippen LogP contribution in [-0.2, 0) is 11.3 Å². The molecule has 0 spiro atoms. The molecule has 1 aromatic carbocycles. The highest BCUT2D eigenvalue weighted by Gasteiger charge is 2.48. The summed E-state index contributed by atoms with van der Waals surface area (Å²) in [5.74, 6) is 1.01. The molecule has 0 saturated heterocycles. The Kier molecular flexibility index (Phi) is 4.09. The maximum Gasteiger partial charge on any atom is 0.146 e. The van der Waals surface area contributed by atoms with E-state index in [1.54, 1.807) is 0 Å². The first-order valence-electron chi connectivity index (χ1n) is 7.96. The molecule has 2 aliphatic rings. The summed E-state index contributed by atoms with van der Waals surface area (Å²) < 4.78 is 11.6. The third kappa shape index (κ3) is 2.74. The van der Waals surface area contributed by atoms with Gasteiger partial charge in [-0.15, -0.1) is 0 Å². The molecule has 0 bridgehead atoms. The van der Waals surface area contributed by atoms with E-state index in [2.05, 4.69) is 49.6 Å². The van der Waals surface area contributed by atoms with Crippen molar-refractivity contribution in [1.82, 2.24) is 5.32 Å². The van der Waals surface area contributed by atoms with E-state index in [1.807, 2.05) is 0 Å². The average molecular weight is 290 g/mol. The van der Waals surface area contributed by atoms with E-state index in [1.165, 1.54) is 5.56 Å². The van der Waals surface area contributed by atoms with E-state index in [0.29, 0.717) is 12.1 Å². The van der Waals surface area contributed by atoms with Gasteiger partial charge in [-0.1, -0.05) is 26.0 Å². The summed E-state index contributed by atoms with van der Waals surface area (Å²) in [5.41, 5.74) is 2.54. The molecule has 0 radical (unpaired) electrons. The molecule has 1 fully saturated rings. The zero-order valence-electron chi connectivity index (χ0n) is 13.2. The molecule has 2 atom stereocenters. The zero-order valence-corrected chi connectivity index (χ0v) is 13.2. The van der Waals surface area contributed by atoms with E-state index in [4.69, 9.17) is 9.47 Å². The lowest BCUT2D eigenvalue weighted by Gasteiger charge is -2.52. The summed E-state index contributed by atoms with van der Waals surface area (Å²) in [6.45, 7) is 9.91. The van der Waals surface area contributed by atoms with E-state index < -0.39 is 0 Å². The summed E-state index contributed by atoms with van der Waals surface area (Å²) in [5, 5.41) is 7.06. The first-order chi connectivity index (χ1) is 10.1. The minimum Gasteiger partial charge on any atom is -0.489 e. The molecule has 2 N–H and O–H groups in total. The Morgan fingerprint density at radius 3 is 3.05 bits per heavy atom. The molecular formula is C17H26N2O2. The van der Waals surface area contributed by atoms with Crippen LogP contribution in [0.2, 0.25) is 0 Å². The van der Waals surface area contributed by atoms with Crippen LogP contribution in [0, 0.1) is 5.41 Å². The molecule has 4 nitrogen and oxygen atoms in total. The SMILES string of the molecule is CCOC1CC(NCc2cccc3c2OCCN3)C1(C)C. The average Bonchev–Trinajstić information content (AvgIpc) is 2.50. The Balaban J connectivity index is 1.62. The Morgan fingerprint density at radius 2 is 2.29 bits per heavy atom. The second kappa shape index (κ2) is 5.85. The van der Waals surface area contributed by atoms with E-state index in [-0.39, 0.29) is 5.41 Å². The first-order valence-corrected chi connectivity index (χ1v) is 7.96. The van der Waals surface area contributed by atoms with Gasteiger partial charge in [0.15, 0.2) is 0 Å². The molecular weight excluding hydrogens is 264 g/mol. The summed E-state index contributed by atoms with van der Waals surface area (Å²) in [6, 6.07) is 6.81. The van der Waals surface area contributed by atoms with Crippen LogP contribution in [0.3, 0.4) is 0 Å². The lowest BCUT2D eigenvalue weighted by molar-refractivity contribution is -0.114. The van der Waals surface area contributed by atoms with E-state index in [9.17, 15) is 0 Å². The molecule has 1 aliphatic carbocycles. The summed E-state index contributed by atoms with van der Waals surface area (Å²) in [7, 11) is 0. The van der Waals surface area contributed by atoms with Gasteiger partial charge in [-0.25, -0.2) is 0 Å². The van der Waals surface area contributed by atoms with Gasteiger partial charge in [0, 0.05) is 36.7 Å². The number of hydrogen-bond donors (Lipinski definition) is 2. The molecule has 21 heavy (non-hydrogen) atoms. The van der Waals surface area contributed by atoms with Crippen molar-refractivity contribution < 1.29 is 9.47 Å². The fourth-order valence-corrected chi connectivity index (χ4v) is 3.32. The zero-order chi connectivity index (χ0) is 14.9. The lowest BCUT2D eigenvalue weighted by Crippen LogP contribution is -2.60. The van der Waals surface area contributed by atoms with Crippen LogP contribution in [0.25, 0.3) is 0 Å². The molecule has 1 aromatic rings. The minimum atomic E-state index is 0.198. The minimum absolute atomic E-state index is 0.198. The molecule has 116 valence electrons. The van der Waals surface area contributed by atoms with Crippen molar-refractivity contribution in [1.29, 1.82) is 0 Å². The number of benzene rings is 1. The predicted octanol–water partition coefficient (Wildman–Crippen LogP) is 2.78. The van der Waals surface area contributed by atoms with Crippen LogP contribution in [-0.4, -0.2) is 31.9 Å². The lowest BCUT2D eigenvalue weighted by atomic mass is 9.64. The topological polar surface area (TPSA) is 42.5 Å². The molecule has 1 aliphatic heterocycles. The fourth-order valence-electron chi connectivity index (χ4n) is 3.32.